The molecule has 0 radical (unpaired) electrons. The van der Waals surface area contributed by atoms with Crippen molar-refractivity contribution < 1.29 is 9.53 Å². The third kappa shape index (κ3) is 2.59. The molecular formula is C14H11BrN4O2S. The van der Waals surface area contributed by atoms with Crippen molar-refractivity contribution in [3.8, 4) is 5.95 Å². The molecule has 0 saturated heterocycles. The topological polar surface area (TPSA) is 69.9 Å². The van der Waals surface area contributed by atoms with E-state index in [4.69, 9.17) is 4.74 Å². The first-order chi connectivity index (χ1) is 10.6. The van der Waals surface area contributed by atoms with Crippen LogP contribution in [0.2, 0.25) is 0 Å². The van der Waals surface area contributed by atoms with E-state index in [-0.39, 0.29) is 0 Å². The van der Waals surface area contributed by atoms with Gasteiger partial charge in [-0.3, -0.25) is 0 Å². The third-order valence-electron chi connectivity index (χ3n) is 3.06. The summed E-state index contributed by atoms with van der Waals surface area (Å²) in [6.07, 6.45) is 5.25. The van der Waals surface area contributed by atoms with E-state index < -0.39 is 5.97 Å². The molecule has 0 aliphatic heterocycles. The van der Waals surface area contributed by atoms with Gasteiger partial charge in [0.25, 0.3) is 5.95 Å². The van der Waals surface area contributed by atoms with Gasteiger partial charge in [0, 0.05) is 17.8 Å². The molecule has 8 heteroatoms. The zero-order valence-corrected chi connectivity index (χ0v) is 14.2. The zero-order chi connectivity index (χ0) is 15.7. The van der Waals surface area contributed by atoms with Gasteiger partial charge in [0.05, 0.1) is 22.7 Å². The molecule has 3 aromatic rings. The van der Waals surface area contributed by atoms with Gasteiger partial charge in [-0.1, -0.05) is 0 Å². The average Bonchev–Trinajstić information content (AvgIpc) is 2.92. The van der Waals surface area contributed by atoms with Gasteiger partial charge in [-0.25, -0.2) is 14.8 Å². The molecule has 112 valence electrons. The fourth-order valence-corrected chi connectivity index (χ4v) is 2.81. The van der Waals surface area contributed by atoms with Crippen molar-refractivity contribution >= 4 is 44.6 Å². The van der Waals surface area contributed by atoms with E-state index in [1.54, 1.807) is 29.2 Å². The molecule has 0 saturated carbocycles. The quantitative estimate of drug-likeness (QED) is 0.515. The monoisotopic (exact) mass is 378 g/mol. The molecule has 0 spiro atoms. The number of fused-ring (bicyclic) bond motifs is 1. The van der Waals surface area contributed by atoms with Gasteiger partial charge in [-0.15, -0.1) is 11.8 Å². The normalized spacial score (nSPS) is 10.9. The minimum atomic E-state index is -0.392. The van der Waals surface area contributed by atoms with E-state index in [9.17, 15) is 4.79 Å². The minimum Gasteiger partial charge on any atom is -0.465 e. The van der Waals surface area contributed by atoms with Crippen LogP contribution < -0.4 is 0 Å². The number of halogens is 1. The predicted molar refractivity (Wildman–Crippen MR) is 87.5 cm³/mol. The maximum atomic E-state index is 11.7. The summed E-state index contributed by atoms with van der Waals surface area (Å²) in [7, 11) is 1.36. The molecule has 0 atom stereocenters. The Bertz CT molecular complexity index is 848. The van der Waals surface area contributed by atoms with Crippen LogP contribution in [-0.2, 0) is 4.74 Å². The molecule has 0 amide bonds. The highest BCUT2D eigenvalue weighted by atomic mass is 79.9. The molecule has 0 N–H and O–H groups in total. The number of hydrogen-bond donors (Lipinski definition) is 0. The number of nitrogens with zero attached hydrogens (tertiary/aromatic N) is 4. The van der Waals surface area contributed by atoms with Crippen LogP contribution in [0.25, 0.3) is 16.9 Å². The van der Waals surface area contributed by atoms with Crippen molar-refractivity contribution in [2.75, 3.05) is 13.4 Å². The van der Waals surface area contributed by atoms with Crippen LogP contribution in [0.5, 0.6) is 0 Å². The first-order valence-electron chi connectivity index (χ1n) is 6.27. The maximum absolute atomic E-state index is 11.7. The van der Waals surface area contributed by atoms with Gasteiger partial charge < -0.3 is 4.74 Å². The smallest absolute Gasteiger partial charge is 0.337 e. The fourth-order valence-electron chi connectivity index (χ4n) is 2.05. The number of esters is 1. The van der Waals surface area contributed by atoms with E-state index in [1.807, 2.05) is 12.3 Å². The lowest BCUT2D eigenvalue weighted by Gasteiger charge is -2.03. The molecule has 3 rings (SSSR count). The van der Waals surface area contributed by atoms with Crippen molar-refractivity contribution in [3.05, 3.63) is 40.6 Å². The van der Waals surface area contributed by atoms with Gasteiger partial charge in [0.15, 0.2) is 0 Å². The standard InChI is InChI=1S/C14H11BrN4O2S/c1-21-13(20)8-3-4-10-11(5-8)19(18-12(10)22-2)14-16-6-9(15)7-17-14/h3-7H,1-2H3. The highest BCUT2D eigenvalue weighted by Gasteiger charge is 2.16. The summed E-state index contributed by atoms with van der Waals surface area (Å²) in [5.41, 5.74) is 1.22. The molecule has 0 fully saturated rings. The number of thioether (sulfide) groups is 1. The van der Waals surface area contributed by atoms with E-state index in [1.165, 1.54) is 18.9 Å². The van der Waals surface area contributed by atoms with Gasteiger partial charge in [0.2, 0.25) is 0 Å². The number of ether oxygens (including phenoxy) is 1. The summed E-state index contributed by atoms with van der Waals surface area (Å²) in [5, 5.41) is 6.30. The molecule has 22 heavy (non-hydrogen) atoms. The van der Waals surface area contributed by atoms with Crippen molar-refractivity contribution in [3.63, 3.8) is 0 Å². The second kappa shape index (κ2) is 6.05. The number of benzene rings is 1. The van der Waals surface area contributed by atoms with Crippen LogP contribution in [0.3, 0.4) is 0 Å². The second-order valence-electron chi connectivity index (χ2n) is 4.35. The molecule has 0 unspecified atom stereocenters. The Morgan fingerprint density at radius 3 is 2.68 bits per heavy atom. The average molecular weight is 379 g/mol. The van der Waals surface area contributed by atoms with Crippen molar-refractivity contribution in [1.82, 2.24) is 19.7 Å². The first kappa shape index (κ1) is 15.0. The Morgan fingerprint density at radius 1 is 1.32 bits per heavy atom. The van der Waals surface area contributed by atoms with Crippen LogP contribution >= 0.6 is 27.7 Å². The largest absolute Gasteiger partial charge is 0.465 e. The Kier molecular flexibility index (Phi) is 4.12. The summed E-state index contributed by atoms with van der Waals surface area (Å²) in [6, 6.07) is 5.32. The Labute approximate surface area is 139 Å². The van der Waals surface area contributed by atoms with E-state index in [0.717, 1.165) is 20.4 Å². The zero-order valence-electron chi connectivity index (χ0n) is 11.8. The van der Waals surface area contributed by atoms with Crippen molar-refractivity contribution in [2.24, 2.45) is 0 Å². The SMILES string of the molecule is COC(=O)c1ccc2c(SC)nn(-c3ncc(Br)cn3)c2c1. The fraction of sp³-hybridized carbons (Fsp3) is 0.143. The number of carbonyl (C=O) groups excluding carboxylic acids is 1. The van der Waals surface area contributed by atoms with Gasteiger partial charge in [0.1, 0.15) is 5.03 Å². The second-order valence-corrected chi connectivity index (χ2v) is 6.06. The van der Waals surface area contributed by atoms with Gasteiger partial charge >= 0.3 is 5.97 Å². The summed E-state index contributed by atoms with van der Waals surface area (Å²) < 4.78 is 7.18. The molecule has 0 bridgehead atoms. The lowest BCUT2D eigenvalue weighted by atomic mass is 10.1. The number of aromatic nitrogens is 4. The number of rotatable bonds is 3. The molecule has 1 aromatic carbocycles. The van der Waals surface area contributed by atoms with Crippen molar-refractivity contribution in [1.29, 1.82) is 0 Å². The third-order valence-corrected chi connectivity index (χ3v) is 4.16. The van der Waals surface area contributed by atoms with Crippen LogP contribution in [0.15, 0.2) is 40.1 Å². The summed E-state index contributed by atoms with van der Waals surface area (Å²) >= 11 is 4.83. The summed E-state index contributed by atoms with van der Waals surface area (Å²) in [6.45, 7) is 0. The van der Waals surface area contributed by atoms with Crippen LogP contribution in [0.1, 0.15) is 10.4 Å². The highest BCUT2D eigenvalue weighted by molar-refractivity contribution is 9.10. The minimum absolute atomic E-state index is 0.392. The predicted octanol–water partition coefficient (Wildman–Crippen LogP) is 3.09. The molecule has 0 aliphatic carbocycles. The van der Waals surface area contributed by atoms with Crippen LogP contribution in [0.4, 0.5) is 0 Å². The van der Waals surface area contributed by atoms with Crippen LogP contribution in [0, 0.1) is 0 Å². The van der Waals surface area contributed by atoms with E-state index >= 15 is 0 Å². The molecular weight excluding hydrogens is 368 g/mol. The molecule has 2 aromatic heterocycles. The molecule has 0 aliphatic rings. The maximum Gasteiger partial charge on any atom is 0.337 e. The number of hydrogen-bond acceptors (Lipinski definition) is 6. The Balaban J connectivity index is 2.24. The van der Waals surface area contributed by atoms with Crippen molar-refractivity contribution in [2.45, 2.75) is 5.03 Å². The number of methoxy groups -OCH3 is 1. The number of carbonyl (C=O) groups is 1. The molecule has 6 nitrogen and oxygen atoms in total. The molecule has 2 heterocycles. The highest BCUT2D eigenvalue weighted by Crippen LogP contribution is 2.28. The first-order valence-corrected chi connectivity index (χ1v) is 8.29. The Morgan fingerprint density at radius 2 is 2.05 bits per heavy atom. The summed E-state index contributed by atoms with van der Waals surface area (Å²) in [5.74, 6) is 0.0487. The lowest BCUT2D eigenvalue weighted by molar-refractivity contribution is 0.0601. The lowest BCUT2D eigenvalue weighted by Crippen LogP contribution is -2.04. The van der Waals surface area contributed by atoms with E-state index in [2.05, 4.69) is 31.0 Å². The van der Waals surface area contributed by atoms with E-state index in [0.29, 0.717) is 11.5 Å². The van der Waals surface area contributed by atoms with Gasteiger partial charge in [-0.05, 0) is 40.4 Å². The van der Waals surface area contributed by atoms with Gasteiger partial charge in [-0.2, -0.15) is 9.78 Å². The summed E-state index contributed by atoms with van der Waals surface area (Å²) in [4.78, 5) is 20.2. The van der Waals surface area contributed by atoms with Crippen LogP contribution in [-0.4, -0.2) is 39.1 Å². The Hall–Kier alpha value is -1.93.